The molecule has 4 nitrogen and oxygen atoms in total. The lowest BCUT2D eigenvalue weighted by Crippen LogP contribution is -2.33. The molecule has 0 saturated heterocycles. The fourth-order valence-electron chi connectivity index (χ4n) is 2.56. The number of pyridine rings is 1. The number of benzene rings is 2. The first-order chi connectivity index (χ1) is 11.7. The minimum absolute atomic E-state index is 0.0847. The van der Waals surface area contributed by atoms with Crippen molar-refractivity contribution in [3.8, 4) is 5.75 Å². The average Bonchev–Trinajstić information content (AvgIpc) is 2.65. The highest BCUT2D eigenvalue weighted by Crippen LogP contribution is 2.20. The Balaban J connectivity index is 1.48. The van der Waals surface area contributed by atoms with Crippen LogP contribution < -0.4 is 10.1 Å². The summed E-state index contributed by atoms with van der Waals surface area (Å²) >= 11 is 0. The van der Waals surface area contributed by atoms with Crippen molar-refractivity contribution in [3.63, 3.8) is 0 Å². The van der Waals surface area contributed by atoms with Crippen molar-refractivity contribution in [3.05, 3.63) is 72.6 Å². The quantitative estimate of drug-likeness (QED) is 0.700. The van der Waals surface area contributed by atoms with E-state index < -0.39 is 6.10 Å². The summed E-state index contributed by atoms with van der Waals surface area (Å²) in [4.78, 5) is 4.30. The van der Waals surface area contributed by atoms with Gasteiger partial charge in [-0.3, -0.25) is 4.98 Å². The zero-order chi connectivity index (χ0) is 16.8. The van der Waals surface area contributed by atoms with Gasteiger partial charge < -0.3 is 15.2 Å². The van der Waals surface area contributed by atoms with Crippen LogP contribution in [0.15, 0.2) is 66.9 Å². The molecular formula is C20H22N2O2. The predicted molar refractivity (Wildman–Crippen MR) is 96.1 cm³/mol. The summed E-state index contributed by atoms with van der Waals surface area (Å²) in [5.74, 6) is 0.769. The fourth-order valence-corrected chi connectivity index (χ4v) is 2.56. The molecule has 0 aliphatic carbocycles. The Morgan fingerprint density at radius 1 is 1.04 bits per heavy atom. The van der Waals surface area contributed by atoms with Crippen LogP contribution in [-0.4, -0.2) is 29.3 Å². The van der Waals surface area contributed by atoms with Gasteiger partial charge in [-0.1, -0.05) is 36.4 Å². The molecule has 0 spiro atoms. The van der Waals surface area contributed by atoms with Crippen molar-refractivity contribution in [2.75, 3.05) is 13.2 Å². The summed E-state index contributed by atoms with van der Waals surface area (Å²) < 4.78 is 5.71. The number of ether oxygens (including phenoxy) is 1. The molecule has 3 aromatic rings. The Bertz CT molecular complexity index is 777. The van der Waals surface area contributed by atoms with E-state index in [1.54, 1.807) is 6.20 Å². The van der Waals surface area contributed by atoms with Gasteiger partial charge in [0, 0.05) is 18.8 Å². The predicted octanol–water partition coefficient (Wildman–Crippen LogP) is 3.33. The molecule has 0 bridgehead atoms. The first-order valence-corrected chi connectivity index (χ1v) is 8.16. The van der Waals surface area contributed by atoms with Gasteiger partial charge in [-0.2, -0.15) is 0 Å². The molecule has 0 saturated carbocycles. The number of aromatic nitrogens is 1. The highest BCUT2D eigenvalue weighted by atomic mass is 16.5. The molecule has 0 fully saturated rings. The Labute approximate surface area is 142 Å². The van der Waals surface area contributed by atoms with Crippen LogP contribution in [0.1, 0.15) is 18.7 Å². The summed E-state index contributed by atoms with van der Waals surface area (Å²) in [6.07, 6.45) is 1.19. The molecule has 4 heteroatoms. The van der Waals surface area contributed by atoms with E-state index in [2.05, 4.69) is 22.4 Å². The van der Waals surface area contributed by atoms with Crippen LogP contribution in [0.4, 0.5) is 0 Å². The maximum atomic E-state index is 10.1. The smallest absolute Gasteiger partial charge is 0.120 e. The van der Waals surface area contributed by atoms with E-state index in [-0.39, 0.29) is 12.6 Å². The molecule has 1 aromatic heterocycles. The first kappa shape index (κ1) is 16.4. The number of nitrogens with one attached hydrogen (secondary N) is 1. The molecule has 0 aliphatic heterocycles. The van der Waals surface area contributed by atoms with Crippen LogP contribution in [0, 0.1) is 0 Å². The highest BCUT2D eigenvalue weighted by molar-refractivity contribution is 5.83. The van der Waals surface area contributed by atoms with E-state index >= 15 is 0 Å². The van der Waals surface area contributed by atoms with E-state index in [0.29, 0.717) is 6.54 Å². The molecule has 2 atom stereocenters. The number of rotatable bonds is 7. The van der Waals surface area contributed by atoms with E-state index in [0.717, 1.165) is 16.8 Å². The summed E-state index contributed by atoms with van der Waals surface area (Å²) in [6, 6.07) is 20.0. The minimum atomic E-state index is -0.581. The number of nitrogens with zero attached hydrogens (tertiary/aromatic N) is 1. The van der Waals surface area contributed by atoms with Crippen molar-refractivity contribution in [1.82, 2.24) is 10.3 Å². The van der Waals surface area contributed by atoms with Crippen LogP contribution in [0.3, 0.4) is 0 Å². The van der Waals surface area contributed by atoms with Gasteiger partial charge in [0.25, 0.3) is 0 Å². The molecule has 3 rings (SSSR count). The zero-order valence-corrected chi connectivity index (χ0v) is 13.7. The van der Waals surface area contributed by atoms with E-state index in [4.69, 9.17) is 4.74 Å². The van der Waals surface area contributed by atoms with Gasteiger partial charge in [-0.25, -0.2) is 0 Å². The van der Waals surface area contributed by atoms with Crippen LogP contribution in [0.25, 0.3) is 10.8 Å². The van der Waals surface area contributed by atoms with Gasteiger partial charge in [0.1, 0.15) is 18.5 Å². The summed E-state index contributed by atoms with van der Waals surface area (Å²) in [5, 5.41) is 15.7. The van der Waals surface area contributed by atoms with Crippen molar-refractivity contribution in [2.24, 2.45) is 0 Å². The molecule has 2 N–H and O–H groups in total. The van der Waals surface area contributed by atoms with Crippen molar-refractivity contribution < 1.29 is 9.84 Å². The van der Waals surface area contributed by atoms with Crippen molar-refractivity contribution in [2.45, 2.75) is 19.1 Å². The molecule has 0 aliphatic rings. The lowest BCUT2D eigenvalue weighted by Gasteiger charge is -2.17. The van der Waals surface area contributed by atoms with E-state index in [1.807, 2.05) is 55.5 Å². The summed E-state index contributed by atoms with van der Waals surface area (Å²) in [6.45, 7) is 2.73. The third kappa shape index (κ3) is 4.31. The summed E-state index contributed by atoms with van der Waals surface area (Å²) in [5.41, 5.74) is 0.958. The third-order valence-corrected chi connectivity index (χ3v) is 3.95. The number of fused-ring (bicyclic) bond motifs is 1. The second-order valence-electron chi connectivity index (χ2n) is 5.86. The van der Waals surface area contributed by atoms with E-state index in [9.17, 15) is 5.11 Å². The molecule has 24 heavy (non-hydrogen) atoms. The third-order valence-electron chi connectivity index (χ3n) is 3.95. The topological polar surface area (TPSA) is 54.4 Å². The van der Waals surface area contributed by atoms with E-state index in [1.165, 1.54) is 5.39 Å². The van der Waals surface area contributed by atoms with Crippen LogP contribution in [-0.2, 0) is 0 Å². The maximum absolute atomic E-state index is 10.1. The van der Waals surface area contributed by atoms with Gasteiger partial charge in [-0.15, -0.1) is 0 Å². The van der Waals surface area contributed by atoms with Gasteiger partial charge in [0.15, 0.2) is 0 Å². The second-order valence-corrected chi connectivity index (χ2v) is 5.86. The Kier molecular flexibility index (Phi) is 5.41. The highest BCUT2D eigenvalue weighted by Gasteiger charge is 2.10. The molecule has 0 unspecified atom stereocenters. The van der Waals surface area contributed by atoms with Crippen LogP contribution in [0.2, 0.25) is 0 Å². The molecule has 124 valence electrons. The van der Waals surface area contributed by atoms with Crippen LogP contribution in [0.5, 0.6) is 5.75 Å². The van der Waals surface area contributed by atoms with Crippen molar-refractivity contribution >= 4 is 10.8 Å². The Morgan fingerprint density at radius 2 is 1.83 bits per heavy atom. The largest absolute Gasteiger partial charge is 0.491 e. The monoisotopic (exact) mass is 322 g/mol. The zero-order valence-electron chi connectivity index (χ0n) is 13.7. The lowest BCUT2D eigenvalue weighted by molar-refractivity contribution is 0.104. The normalized spacial score (nSPS) is 13.6. The average molecular weight is 322 g/mol. The number of aliphatic hydroxyl groups is 1. The number of hydrogen-bond acceptors (Lipinski definition) is 4. The molecule has 0 radical (unpaired) electrons. The minimum Gasteiger partial charge on any atom is -0.491 e. The van der Waals surface area contributed by atoms with Gasteiger partial charge >= 0.3 is 0 Å². The maximum Gasteiger partial charge on any atom is 0.120 e. The van der Waals surface area contributed by atoms with Crippen LogP contribution >= 0.6 is 0 Å². The standard InChI is InChI=1S/C20H22N2O2/c1-15(20-8-4-5-11-21-20)22-13-18(23)14-24-19-10-9-16-6-2-3-7-17(16)12-19/h2-12,15,18,22-23H,13-14H2,1H3/t15-,18+/m1/s1. The molecule has 1 heterocycles. The van der Waals surface area contributed by atoms with Gasteiger partial charge in [0.2, 0.25) is 0 Å². The molecule has 0 amide bonds. The van der Waals surface area contributed by atoms with Gasteiger partial charge in [-0.05, 0) is 42.0 Å². The first-order valence-electron chi connectivity index (χ1n) is 8.16. The number of hydrogen-bond donors (Lipinski definition) is 2. The lowest BCUT2D eigenvalue weighted by atomic mass is 10.1. The number of aliphatic hydroxyl groups excluding tert-OH is 1. The van der Waals surface area contributed by atoms with Gasteiger partial charge in [0.05, 0.1) is 5.69 Å². The Morgan fingerprint density at radius 3 is 2.62 bits per heavy atom. The van der Waals surface area contributed by atoms with Crippen molar-refractivity contribution in [1.29, 1.82) is 0 Å². The molecule has 2 aromatic carbocycles. The summed E-state index contributed by atoms with van der Waals surface area (Å²) in [7, 11) is 0. The SMILES string of the molecule is C[C@@H](NC[C@H](O)COc1ccc2ccccc2c1)c1ccccn1. The second kappa shape index (κ2) is 7.90. The fraction of sp³-hybridized carbons (Fsp3) is 0.250. The molecular weight excluding hydrogens is 300 g/mol. The Hall–Kier alpha value is -2.43.